The molecule has 61 heavy (non-hydrogen) atoms. The summed E-state index contributed by atoms with van der Waals surface area (Å²) < 4.78 is 0. The lowest BCUT2D eigenvalue weighted by atomic mass is 9.81. The average molecular weight is 779 g/mol. The zero-order valence-electron chi connectivity index (χ0n) is 34.2. The molecule has 0 fully saturated rings. The van der Waals surface area contributed by atoms with Crippen molar-refractivity contribution in [2.75, 3.05) is 0 Å². The summed E-state index contributed by atoms with van der Waals surface area (Å²) in [5, 5.41) is 2.56. The van der Waals surface area contributed by atoms with Crippen LogP contribution in [0.5, 0.6) is 0 Å². The van der Waals surface area contributed by atoms with Crippen molar-refractivity contribution in [1.82, 2.24) is 9.97 Å². The lowest BCUT2D eigenvalue weighted by Gasteiger charge is -2.22. The van der Waals surface area contributed by atoms with Crippen molar-refractivity contribution in [2.24, 2.45) is 0 Å². The Balaban J connectivity index is 0.952. The number of benzene rings is 9. The Hall–Kier alpha value is -7.68. The highest BCUT2D eigenvalue weighted by molar-refractivity contribution is 5.99. The fourth-order valence-electron chi connectivity index (χ4n) is 9.19. The molecular weight excluding hydrogens is 737 g/mol. The predicted molar refractivity (Wildman–Crippen MR) is 255 cm³/mol. The smallest absolute Gasteiger partial charge is 0.160 e. The van der Waals surface area contributed by atoms with Crippen LogP contribution in [0.15, 0.2) is 218 Å². The van der Waals surface area contributed by atoms with Gasteiger partial charge in [-0.15, -0.1) is 0 Å². The number of hydrogen-bond acceptors (Lipinski definition) is 2. The van der Waals surface area contributed by atoms with Gasteiger partial charge in [0, 0.05) is 22.1 Å². The lowest BCUT2D eigenvalue weighted by molar-refractivity contribution is 0.661. The third-order valence-corrected chi connectivity index (χ3v) is 12.5. The minimum absolute atomic E-state index is 0.0887. The Kier molecular flexibility index (Phi) is 8.86. The summed E-state index contributed by atoms with van der Waals surface area (Å²) >= 11 is 0. The molecule has 2 nitrogen and oxygen atoms in total. The van der Waals surface area contributed by atoms with Crippen molar-refractivity contribution in [3.05, 3.63) is 230 Å². The Labute approximate surface area is 357 Å². The standard InChI is InChI=1S/C59H42N2/c1-59(2)53-22-12-21-51(57(53)52-36-48-17-9-10-18-49(48)37-54(52)59)50-20-11-19-47(35-50)43-27-33-46(34-28-43)58-60-55(44-29-23-41(24-30-44)39-13-5-3-6-14-39)38-56(61-58)45-31-25-42(26-32-45)40-15-7-4-8-16-40/h3-38H,1-2H3. The van der Waals surface area contributed by atoms with Gasteiger partial charge in [0.2, 0.25) is 0 Å². The molecule has 0 aliphatic heterocycles. The van der Waals surface area contributed by atoms with Gasteiger partial charge in [0.15, 0.2) is 5.82 Å². The van der Waals surface area contributed by atoms with Gasteiger partial charge in [-0.3, -0.25) is 0 Å². The number of hydrogen-bond donors (Lipinski definition) is 0. The zero-order chi connectivity index (χ0) is 40.9. The number of nitrogens with zero attached hydrogens (tertiary/aromatic N) is 2. The highest BCUT2D eigenvalue weighted by Crippen LogP contribution is 2.53. The van der Waals surface area contributed by atoms with Crippen LogP contribution < -0.4 is 0 Å². The van der Waals surface area contributed by atoms with Crippen molar-refractivity contribution in [2.45, 2.75) is 19.3 Å². The van der Waals surface area contributed by atoms with Gasteiger partial charge in [-0.2, -0.15) is 0 Å². The molecule has 0 saturated heterocycles. The summed E-state index contributed by atoms with van der Waals surface area (Å²) in [5.41, 5.74) is 19.7. The normalized spacial score (nSPS) is 12.6. The van der Waals surface area contributed by atoms with E-state index in [1.807, 2.05) is 12.1 Å². The molecule has 0 N–H and O–H groups in total. The van der Waals surface area contributed by atoms with Crippen LogP contribution in [0.3, 0.4) is 0 Å². The van der Waals surface area contributed by atoms with Crippen LogP contribution in [0.2, 0.25) is 0 Å². The molecule has 0 saturated carbocycles. The average Bonchev–Trinajstić information content (AvgIpc) is 3.56. The molecule has 1 heterocycles. The minimum Gasteiger partial charge on any atom is -0.228 e. The molecule has 0 spiro atoms. The van der Waals surface area contributed by atoms with Crippen molar-refractivity contribution in [1.29, 1.82) is 0 Å². The molecule has 0 atom stereocenters. The molecule has 0 unspecified atom stereocenters. The van der Waals surface area contributed by atoms with Crippen molar-refractivity contribution in [3.8, 4) is 89.5 Å². The molecule has 0 amide bonds. The van der Waals surface area contributed by atoms with Crippen LogP contribution in [-0.4, -0.2) is 9.97 Å². The Morgan fingerprint density at radius 1 is 0.295 bits per heavy atom. The highest BCUT2D eigenvalue weighted by Gasteiger charge is 2.37. The van der Waals surface area contributed by atoms with Crippen LogP contribution in [-0.2, 0) is 5.41 Å². The lowest BCUT2D eigenvalue weighted by Crippen LogP contribution is -2.14. The van der Waals surface area contributed by atoms with Crippen LogP contribution in [0.25, 0.3) is 100 Å². The van der Waals surface area contributed by atoms with E-state index in [1.54, 1.807) is 0 Å². The largest absolute Gasteiger partial charge is 0.228 e. The second-order valence-corrected chi connectivity index (χ2v) is 16.6. The summed E-state index contributed by atoms with van der Waals surface area (Å²) in [5.74, 6) is 0.695. The summed E-state index contributed by atoms with van der Waals surface area (Å²) in [6, 6.07) is 78.5. The maximum Gasteiger partial charge on any atom is 0.160 e. The first-order valence-electron chi connectivity index (χ1n) is 21.1. The van der Waals surface area contributed by atoms with E-state index in [-0.39, 0.29) is 5.41 Å². The maximum atomic E-state index is 5.19. The van der Waals surface area contributed by atoms with Crippen LogP contribution in [0.1, 0.15) is 25.0 Å². The molecule has 0 radical (unpaired) electrons. The first-order valence-corrected chi connectivity index (χ1v) is 21.1. The van der Waals surface area contributed by atoms with Gasteiger partial charge in [0.05, 0.1) is 11.4 Å². The van der Waals surface area contributed by atoms with Crippen LogP contribution in [0, 0.1) is 0 Å². The second kappa shape index (κ2) is 14.9. The Morgan fingerprint density at radius 3 is 1.33 bits per heavy atom. The van der Waals surface area contributed by atoms with E-state index >= 15 is 0 Å². The summed E-state index contributed by atoms with van der Waals surface area (Å²) in [7, 11) is 0. The van der Waals surface area contributed by atoms with Gasteiger partial charge in [-0.05, 0) is 102 Å². The van der Waals surface area contributed by atoms with E-state index in [4.69, 9.17) is 9.97 Å². The second-order valence-electron chi connectivity index (χ2n) is 16.6. The fraction of sp³-hybridized carbons (Fsp3) is 0.0508. The monoisotopic (exact) mass is 778 g/mol. The van der Waals surface area contributed by atoms with E-state index in [0.717, 1.165) is 33.6 Å². The SMILES string of the molecule is CC1(C)c2cc3ccccc3cc2-c2c(-c3cccc(-c4ccc(-c5nc(-c6ccc(-c7ccccc7)cc6)cc(-c6ccc(-c7ccccc7)cc6)n5)cc4)c3)cccc21. The first-order chi connectivity index (χ1) is 30.0. The van der Waals surface area contributed by atoms with Crippen molar-refractivity contribution in [3.63, 3.8) is 0 Å². The Morgan fingerprint density at radius 2 is 0.738 bits per heavy atom. The number of rotatable bonds is 7. The Bertz CT molecular complexity index is 3120. The van der Waals surface area contributed by atoms with E-state index < -0.39 is 0 Å². The number of aromatic nitrogens is 2. The molecule has 1 aromatic heterocycles. The van der Waals surface area contributed by atoms with Gasteiger partial charge >= 0.3 is 0 Å². The van der Waals surface area contributed by atoms with Crippen molar-refractivity contribution < 1.29 is 0 Å². The third kappa shape index (κ3) is 6.63. The van der Waals surface area contributed by atoms with E-state index in [0.29, 0.717) is 5.82 Å². The first kappa shape index (κ1) is 36.4. The summed E-state index contributed by atoms with van der Waals surface area (Å²) in [4.78, 5) is 10.4. The van der Waals surface area contributed by atoms with E-state index in [9.17, 15) is 0 Å². The summed E-state index contributed by atoms with van der Waals surface area (Å²) in [6.07, 6.45) is 0. The molecule has 0 bridgehead atoms. The molecule has 10 aromatic rings. The maximum absolute atomic E-state index is 5.19. The van der Waals surface area contributed by atoms with Gasteiger partial charge in [0.1, 0.15) is 0 Å². The van der Waals surface area contributed by atoms with Crippen molar-refractivity contribution >= 4 is 10.8 Å². The van der Waals surface area contributed by atoms with Gasteiger partial charge in [-0.1, -0.05) is 208 Å². The topological polar surface area (TPSA) is 25.8 Å². The molecule has 2 heteroatoms. The van der Waals surface area contributed by atoms with E-state index in [1.165, 1.54) is 72.0 Å². The van der Waals surface area contributed by atoms with Crippen LogP contribution in [0.4, 0.5) is 0 Å². The zero-order valence-corrected chi connectivity index (χ0v) is 34.2. The molecule has 1 aliphatic rings. The van der Waals surface area contributed by atoms with Gasteiger partial charge in [-0.25, -0.2) is 9.97 Å². The highest BCUT2D eigenvalue weighted by atomic mass is 14.9. The van der Waals surface area contributed by atoms with E-state index in [2.05, 4.69) is 220 Å². The molecular formula is C59H42N2. The van der Waals surface area contributed by atoms with Crippen LogP contribution >= 0.6 is 0 Å². The molecule has 11 rings (SSSR count). The van der Waals surface area contributed by atoms with Gasteiger partial charge < -0.3 is 0 Å². The molecule has 9 aromatic carbocycles. The molecule has 288 valence electrons. The summed E-state index contributed by atoms with van der Waals surface area (Å²) in [6.45, 7) is 4.72. The predicted octanol–water partition coefficient (Wildman–Crippen LogP) is 15.6. The molecule has 1 aliphatic carbocycles. The fourth-order valence-corrected chi connectivity index (χ4v) is 9.19. The quantitative estimate of drug-likeness (QED) is 0.161. The third-order valence-electron chi connectivity index (χ3n) is 12.5. The van der Waals surface area contributed by atoms with Gasteiger partial charge in [0.25, 0.3) is 0 Å². The minimum atomic E-state index is -0.0887. The number of fused-ring (bicyclic) bond motifs is 4.